The van der Waals surface area contributed by atoms with Crippen LogP contribution in [0.3, 0.4) is 0 Å². The molecule has 0 N–H and O–H groups in total. The minimum Gasteiger partial charge on any atom is -0.494 e. The molecule has 0 aromatic heterocycles. The van der Waals surface area contributed by atoms with Crippen molar-refractivity contribution in [1.29, 1.82) is 0 Å². The quantitative estimate of drug-likeness (QED) is 0.265. The van der Waals surface area contributed by atoms with Gasteiger partial charge in [0.25, 0.3) is 0 Å². The Labute approximate surface area is 189 Å². The van der Waals surface area contributed by atoms with Crippen molar-refractivity contribution in [2.75, 3.05) is 13.2 Å². The molecule has 0 unspecified atom stereocenters. The van der Waals surface area contributed by atoms with Gasteiger partial charge in [-0.1, -0.05) is 30.3 Å². The number of hydrogen-bond donors (Lipinski definition) is 0. The first-order valence-corrected chi connectivity index (χ1v) is 10.7. The van der Waals surface area contributed by atoms with Gasteiger partial charge >= 0.3 is 0 Å². The van der Waals surface area contributed by atoms with Crippen LogP contribution in [0.4, 0.5) is 0 Å². The third-order valence-corrected chi connectivity index (χ3v) is 4.55. The lowest BCUT2D eigenvalue weighted by Crippen LogP contribution is -1.99. The number of allylic oxidation sites excluding steroid dienone is 1. The van der Waals surface area contributed by atoms with Crippen LogP contribution in [-0.4, -0.2) is 19.5 Å². The summed E-state index contributed by atoms with van der Waals surface area (Å²) in [6.07, 6.45) is 3.91. The van der Waals surface area contributed by atoms with Crippen molar-refractivity contribution >= 4 is 12.4 Å². The zero-order valence-electron chi connectivity index (χ0n) is 18.5. The highest BCUT2D eigenvalue weighted by molar-refractivity contribution is 5.74. The van der Waals surface area contributed by atoms with Gasteiger partial charge in [-0.05, 0) is 73.0 Å². The lowest BCUT2D eigenvalue weighted by atomic mass is 10.2. The van der Waals surface area contributed by atoms with Crippen LogP contribution in [0.5, 0.6) is 23.0 Å². The number of benzene rings is 3. The molecule has 3 aromatic carbocycles. The lowest BCUT2D eigenvalue weighted by Gasteiger charge is -2.12. The van der Waals surface area contributed by atoms with Gasteiger partial charge in [-0.15, -0.1) is 0 Å². The second-order valence-electron chi connectivity index (χ2n) is 6.96. The van der Waals surface area contributed by atoms with Crippen molar-refractivity contribution in [2.24, 2.45) is 0 Å². The molecule has 32 heavy (non-hydrogen) atoms. The van der Waals surface area contributed by atoms with E-state index in [1.807, 2.05) is 80.6 Å². The van der Waals surface area contributed by atoms with E-state index in [9.17, 15) is 4.79 Å². The fourth-order valence-corrected chi connectivity index (χ4v) is 3.04. The summed E-state index contributed by atoms with van der Waals surface area (Å²) in [5, 5.41) is 0. The number of rotatable bonds is 12. The van der Waals surface area contributed by atoms with Gasteiger partial charge in [0.1, 0.15) is 42.5 Å². The van der Waals surface area contributed by atoms with Crippen molar-refractivity contribution in [2.45, 2.75) is 27.1 Å². The molecule has 0 radical (unpaired) electrons. The van der Waals surface area contributed by atoms with Crippen molar-refractivity contribution < 1.29 is 23.7 Å². The minimum atomic E-state index is 0.408. The molecule has 0 saturated heterocycles. The van der Waals surface area contributed by atoms with Crippen LogP contribution in [0.1, 0.15) is 30.5 Å². The number of aldehydes is 1. The Morgan fingerprint density at radius 3 is 1.50 bits per heavy atom. The van der Waals surface area contributed by atoms with Gasteiger partial charge < -0.3 is 18.9 Å². The van der Waals surface area contributed by atoms with E-state index >= 15 is 0 Å². The highest BCUT2D eigenvalue weighted by Crippen LogP contribution is 2.26. The third kappa shape index (κ3) is 7.20. The zero-order valence-corrected chi connectivity index (χ0v) is 18.5. The van der Waals surface area contributed by atoms with Crippen LogP contribution in [0.2, 0.25) is 0 Å². The van der Waals surface area contributed by atoms with Gasteiger partial charge in [0.05, 0.1) is 13.2 Å². The summed E-state index contributed by atoms with van der Waals surface area (Å²) < 4.78 is 22.9. The lowest BCUT2D eigenvalue weighted by molar-refractivity contribution is -0.104. The fourth-order valence-electron chi connectivity index (χ4n) is 3.04. The molecule has 166 valence electrons. The number of carbonyl (C=O) groups excluding carboxylic acids is 1. The first-order valence-electron chi connectivity index (χ1n) is 10.7. The first-order chi connectivity index (χ1) is 15.7. The van der Waals surface area contributed by atoms with Crippen LogP contribution in [0.15, 0.2) is 72.8 Å². The predicted octanol–water partition coefficient (Wildman–Crippen LogP) is 5.85. The molecule has 0 aliphatic rings. The van der Waals surface area contributed by atoms with E-state index in [1.165, 1.54) is 6.08 Å². The van der Waals surface area contributed by atoms with Gasteiger partial charge in [-0.3, -0.25) is 4.79 Å². The van der Waals surface area contributed by atoms with Crippen LogP contribution in [-0.2, 0) is 18.0 Å². The number of ether oxygens (including phenoxy) is 4. The largest absolute Gasteiger partial charge is 0.494 e. The molecule has 0 amide bonds. The van der Waals surface area contributed by atoms with Gasteiger partial charge in [0.2, 0.25) is 0 Å². The molecule has 0 atom stereocenters. The van der Waals surface area contributed by atoms with E-state index in [4.69, 9.17) is 18.9 Å². The summed E-state index contributed by atoms with van der Waals surface area (Å²) in [7, 11) is 0. The van der Waals surface area contributed by atoms with Gasteiger partial charge in [0, 0.05) is 6.07 Å². The molecular formula is C27H28O5. The molecule has 0 fully saturated rings. The second-order valence-corrected chi connectivity index (χ2v) is 6.96. The van der Waals surface area contributed by atoms with Crippen LogP contribution < -0.4 is 18.9 Å². The van der Waals surface area contributed by atoms with Crippen molar-refractivity contribution in [3.63, 3.8) is 0 Å². The Morgan fingerprint density at radius 2 is 1.09 bits per heavy atom. The maximum atomic E-state index is 10.7. The summed E-state index contributed by atoms with van der Waals surface area (Å²) in [6.45, 7) is 6.00. The van der Waals surface area contributed by atoms with Gasteiger partial charge in [-0.25, -0.2) is 0 Å². The van der Waals surface area contributed by atoms with Gasteiger partial charge in [-0.2, -0.15) is 0 Å². The maximum Gasteiger partial charge on any atom is 0.142 e. The van der Waals surface area contributed by atoms with E-state index in [2.05, 4.69) is 0 Å². The summed E-state index contributed by atoms with van der Waals surface area (Å²) in [6, 6.07) is 21.2. The summed E-state index contributed by atoms with van der Waals surface area (Å²) in [4.78, 5) is 10.7. The molecule has 0 saturated carbocycles. The highest BCUT2D eigenvalue weighted by Gasteiger charge is 2.05. The fraction of sp³-hybridized carbons (Fsp3) is 0.222. The molecule has 0 spiro atoms. The average Bonchev–Trinajstić information content (AvgIpc) is 2.82. The molecule has 0 aliphatic heterocycles. The third-order valence-electron chi connectivity index (χ3n) is 4.55. The second kappa shape index (κ2) is 12.2. The summed E-state index contributed by atoms with van der Waals surface area (Å²) in [5.74, 6) is 2.99. The standard InChI is InChI=1S/C27H28O5/c1-3-29-24-11-7-21(8-12-24)19-31-26-16-23(6-5-15-28)17-27(18-26)32-20-22-9-13-25(14-10-22)30-4-2/h5-18H,3-4,19-20H2,1-2H3. The molecule has 0 bridgehead atoms. The molecule has 3 aromatic rings. The minimum absolute atomic E-state index is 0.408. The zero-order chi connectivity index (χ0) is 22.6. The number of hydrogen-bond acceptors (Lipinski definition) is 5. The molecule has 5 heteroatoms. The molecular weight excluding hydrogens is 404 g/mol. The number of carbonyl (C=O) groups is 1. The van der Waals surface area contributed by atoms with E-state index in [-0.39, 0.29) is 0 Å². The molecule has 0 aliphatic carbocycles. The molecule has 0 heterocycles. The van der Waals surface area contributed by atoms with Gasteiger partial charge in [0.15, 0.2) is 0 Å². The Balaban J connectivity index is 1.68. The van der Waals surface area contributed by atoms with Crippen LogP contribution in [0, 0.1) is 0 Å². The smallest absolute Gasteiger partial charge is 0.142 e. The molecule has 5 nitrogen and oxygen atoms in total. The van der Waals surface area contributed by atoms with Crippen LogP contribution in [0.25, 0.3) is 6.08 Å². The Kier molecular flexibility index (Phi) is 8.75. The summed E-state index contributed by atoms with van der Waals surface area (Å²) >= 11 is 0. The van der Waals surface area contributed by atoms with E-state index in [1.54, 1.807) is 6.08 Å². The Hall–Kier alpha value is -3.73. The Bertz CT molecular complexity index is 935. The SMILES string of the molecule is CCOc1ccc(COc2cc(C=CC=O)cc(OCc3ccc(OCC)cc3)c2)cc1. The van der Waals surface area contributed by atoms with E-state index < -0.39 is 0 Å². The average molecular weight is 433 g/mol. The van der Waals surface area contributed by atoms with Crippen molar-refractivity contribution in [3.05, 3.63) is 89.5 Å². The van der Waals surface area contributed by atoms with Crippen LogP contribution >= 0.6 is 0 Å². The molecule has 3 rings (SSSR count). The highest BCUT2D eigenvalue weighted by atomic mass is 16.5. The van der Waals surface area contributed by atoms with E-state index in [0.717, 1.165) is 34.5 Å². The normalized spacial score (nSPS) is 10.7. The van der Waals surface area contributed by atoms with Crippen molar-refractivity contribution in [1.82, 2.24) is 0 Å². The topological polar surface area (TPSA) is 54.0 Å². The predicted molar refractivity (Wildman–Crippen MR) is 125 cm³/mol. The Morgan fingerprint density at radius 1 is 0.625 bits per heavy atom. The monoisotopic (exact) mass is 432 g/mol. The van der Waals surface area contributed by atoms with E-state index in [0.29, 0.717) is 37.9 Å². The summed E-state index contributed by atoms with van der Waals surface area (Å²) in [5.41, 5.74) is 2.88. The van der Waals surface area contributed by atoms with Crippen molar-refractivity contribution in [3.8, 4) is 23.0 Å². The maximum absolute atomic E-state index is 10.7. The first kappa shape index (κ1) is 22.9.